The maximum Gasteiger partial charge on any atom is 0.237 e. The molecule has 0 aliphatic carbocycles. The van der Waals surface area contributed by atoms with E-state index in [0.717, 1.165) is 11.3 Å². The standard InChI is InChI=1S/C18H19N5O2S/c1-12(26-18-21-17(19)22-23-18)16(24)20-14-7-9-15(10-8-14)25-11-13-5-3-2-4-6-13/h2-10,12H,11H2,1H3,(H,20,24)(H3,19,21,22,23)/t12-/m1/s1. The van der Waals surface area contributed by atoms with Gasteiger partial charge in [-0.3, -0.25) is 4.79 Å². The number of hydrogen-bond donors (Lipinski definition) is 3. The molecule has 26 heavy (non-hydrogen) atoms. The largest absolute Gasteiger partial charge is 0.489 e. The maximum absolute atomic E-state index is 12.3. The number of amides is 1. The number of carbonyl (C=O) groups is 1. The quantitative estimate of drug-likeness (QED) is 0.553. The van der Waals surface area contributed by atoms with Crippen LogP contribution in [0.25, 0.3) is 0 Å². The molecule has 4 N–H and O–H groups in total. The second kappa shape index (κ2) is 8.39. The summed E-state index contributed by atoms with van der Waals surface area (Å²) in [5, 5.41) is 9.39. The van der Waals surface area contributed by atoms with Crippen LogP contribution in [-0.4, -0.2) is 26.3 Å². The van der Waals surface area contributed by atoms with Gasteiger partial charge >= 0.3 is 0 Å². The van der Waals surface area contributed by atoms with Gasteiger partial charge < -0.3 is 15.8 Å². The van der Waals surface area contributed by atoms with E-state index < -0.39 is 0 Å². The predicted octanol–water partition coefficient (Wildman–Crippen LogP) is 3.09. The zero-order chi connectivity index (χ0) is 18.4. The molecule has 1 aromatic heterocycles. The van der Waals surface area contributed by atoms with Crippen LogP contribution in [0.2, 0.25) is 0 Å². The first-order valence-corrected chi connectivity index (χ1v) is 8.90. The number of benzene rings is 2. The van der Waals surface area contributed by atoms with Crippen molar-refractivity contribution in [3.8, 4) is 5.75 Å². The van der Waals surface area contributed by atoms with Crippen molar-refractivity contribution < 1.29 is 9.53 Å². The Labute approximate surface area is 155 Å². The average molecular weight is 369 g/mol. The van der Waals surface area contributed by atoms with Gasteiger partial charge in [0.2, 0.25) is 17.0 Å². The van der Waals surface area contributed by atoms with Crippen LogP contribution in [0.5, 0.6) is 5.75 Å². The third-order valence-corrected chi connectivity index (χ3v) is 4.46. The first-order valence-electron chi connectivity index (χ1n) is 8.02. The van der Waals surface area contributed by atoms with Gasteiger partial charge in [-0.2, -0.15) is 4.98 Å². The van der Waals surface area contributed by atoms with Gasteiger partial charge in [-0.25, -0.2) is 5.10 Å². The monoisotopic (exact) mass is 369 g/mol. The molecule has 0 unspecified atom stereocenters. The minimum Gasteiger partial charge on any atom is -0.489 e. The van der Waals surface area contributed by atoms with Crippen molar-refractivity contribution >= 4 is 29.3 Å². The molecular weight excluding hydrogens is 350 g/mol. The number of nitrogens with one attached hydrogen (secondary N) is 2. The highest BCUT2D eigenvalue weighted by Crippen LogP contribution is 2.22. The van der Waals surface area contributed by atoms with E-state index >= 15 is 0 Å². The zero-order valence-corrected chi connectivity index (χ0v) is 15.0. The molecule has 0 saturated carbocycles. The molecular formula is C18H19N5O2S. The van der Waals surface area contributed by atoms with Gasteiger partial charge in [0.15, 0.2) is 0 Å². The van der Waals surface area contributed by atoms with E-state index in [1.165, 1.54) is 11.8 Å². The number of H-pyrrole nitrogens is 1. The fraction of sp³-hybridized carbons (Fsp3) is 0.167. The Balaban J connectivity index is 1.50. The number of nitrogens with two attached hydrogens (primary N) is 1. The van der Waals surface area contributed by atoms with Crippen LogP contribution in [-0.2, 0) is 11.4 Å². The average Bonchev–Trinajstić information content (AvgIpc) is 3.06. The van der Waals surface area contributed by atoms with Gasteiger partial charge in [0.25, 0.3) is 0 Å². The van der Waals surface area contributed by atoms with E-state index in [1.807, 2.05) is 42.5 Å². The number of ether oxygens (including phenoxy) is 1. The lowest BCUT2D eigenvalue weighted by Gasteiger charge is -2.11. The summed E-state index contributed by atoms with van der Waals surface area (Å²) in [4.78, 5) is 16.2. The fourth-order valence-electron chi connectivity index (χ4n) is 2.14. The number of hydrogen-bond acceptors (Lipinski definition) is 6. The molecule has 3 aromatic rings. The van der Waals surface area contributed by atoms with Crippen LogP contribution >= 0.6 is 11.8 Å². The molecule has 1 atom stereocenters. The van der Waals surface area contributed by atoms with Crippen LogP contribution in [0.1, 0.15) is 12.5 Å². The third kappa shape index (κ3) is 5.00. The van der Waals surface area contributed by atoms with Crippen molar-refractivity contribution in [1.82, 2.24) is 15.2 Å². The number of rotatable bonds is 7. The number of aromatic nitrogens is 3. The summed E-state index contributed by atoms with van der Waals surface area (Å²) < 4.78 is 5.73. The van der Waals surface area contributed by atoms with Gasteiger partial charge in [-0.05, 0) is 36.8 Å². The molecule has 1 heterocycles. The van der Waals surface area contributed by atoms with Crippen LogP contribution in [0.15, 0.2) is 59.8 Å². The summed E-state index contributed by atoms with van der Waals surface area (Å²) in [6.07, 6.45) is 0. The first-order chi connectivity index (χ1) is 12.6. The molecule has 0 bridgehead atoms. The summed E-state index contributed by atoms with van der Waals surface area (Å²) in [5.74, 6) is 0.827. The van der Waals surface area contributed by atoms with Crippen molar-refractivity contribution in [2.24, 2.45) is 0 Å². The van der Waals surface area contributed by atoms with Gasteiger partial charge in [0.05, 0.1) is 5.25 Å². The summed E-state index contributed by atoms with van der Waals surface area (Å²) in [6, 6.07) is 17.2. The van der Waals surface area contributed by atoms with E-state index in [2.05, 4.69) is 20.5 Å². The van der Waals surface area contributed by atoms with E-state index in [1.54, 1.807) is 19.1 Å². The van der Waals surface area contributed by atoms with E-state index in [4.69, 9.17) is 10.5 Å². The lowest BCUT2D eigenvalue weighted by molar-refractivity contribution is -0.115. The second-order valence-corrected chi connectivity index (χ2v) is 6.86. The Morgan fingerprint density at radius 1 is 1.23 bits per heavy atom. The van der Waals surface area contributed by atoms with Crippen molar-refractivity contribution in [2.45, 2.75) is 23.9 Å². The Bertz CT molecular complexity index is 852. The van der Waals surface area contributed by atoms with Crippen LogP contribution in [0.3, 0.4) is 0 Å². The van der Waals surface area contributed by atoms with Gasteiger partial charge in [0.1, 0.15) is 12.4 Å². The predicted molar refractivity (Wildman–Crippen MR) is 102 cm³/mol. The summed E-state index contributed by atoms with van der Waals surface area (Å²) in [7, 11) is 0. The minimum absolute atomic E-state index is 0.142. The number of carbonyl (C=O) groups excluding carboxylic acids is 1. The van der Waals surface area contributed by atoms with E-state index in [0.29, 0.717) is 17.5 Å². The Kier molecular flexibility index (Phi) is 5.75. The molecule has 1 amide bonds. The molecule has 8 heteroatoms. The zero-order valence-electron chi connectivity index (χ0n) is 14.2. The van der Waals surface area contributed by atoms with Crippen LogP contribution in [0, 0.1) is 0 Å². The van der Waals surface area contributed by atoms with Gasteiger partial charge in [0, 0.05) is 5.69 Å². The van der Waals surface area contributed by atoms with Gasteiger partial charge in [-0.15, -0.1) is 5.10 Å². The third-order valence-electron chi connectivity index (χ3n) is 3.50. The SMILES string of the molecule is C[C@@H](Sc1n[nH]c(N)n1)C(=O)Nc1ccc(OCc2ccccc2)cc1. The molecule has 0 aliphatic rings. The van der Waals surface area contributed by atoms with Crippen molar-refractivity contribution in [1.29, 1.82) is 0 Å². The van der Waals surface area contributed by atoms with Crippen LogP contribution < -0.4 is 15.8 Å². The topological polar surface area (TPSA) is 106 Å². The number of nitrogen functional groups attached to an aromatic ring is 1. The first kappa shape index (κ1) is 17.8. The molecule has 0 aliphatic heterocycles. The lowest BCUT2D eigenvalue weighted by atomic mass is 10.2. The highest BCUT2D eigenvalue weighted by atomic mass is 32.2. The lowest BCUT2D eigenvalue weighted by Crippen LogP contribution is -2.22. The van der Waals surface area contributed by atoms with E-state index in [9.17, 15) is 4.79 Å². The van der Waals surface area contributed by atoms with Crippen molar-refractivity contribution in [2.75, 3.05) is 11.1 Å². The number of thioether (sulfide) groups is 1. The number of anilines is 2. The fourth-order valence-corrected chi connectivity index (χ4v) is 2.87. The molecule has 134 valence electrons. The maximum atomic E-state index is 12.3. The van der Waals surface area contributed by atoms with E-state index in [-0.39, 0.29) is 17.1 Å². The Hall–Kier alpha value is -3.00. The molecule has 3 rings (SSSR count). The van der Waals surface area contributed by atoms with Gasteiger partial charge in [-0.1, -0.05) is 42.1 Å². The number of aromatic amines is 1. The highest BCUT2D eigenvalue weighted by Gasteiger charge is 2.17. The Morgan fingerprint density at radius 2 is 1.96 bits per heavy atom. The molecule has 0 saturated heterocycles. The molecule has 0 fully saturated rings. The molecule has 0 spiro atoms. The summed E-state index contributed by atoms with van der Waals surface area (Å²) in [5.41, 5.74) is 7.27. The van der Waals surface area contributed by atoms with Crippen molar-refractivity contribution in [3.63, 3.8) is 0 Å². The smallest absolute Gasteiger partial charge is 0.237 e. The summed E-state index contributed by atoms with van der Waals surface area (Å²) >= 11 is 1.23. The Morgan fingerprint density at radius 3 is 2.62 bits per heavy atom. The van der Waals surface area contributed by atoms with Crippen molar-refractivity contribution in [3.05, 3.63) is 60.2 Å². The molecule has 2 aromatic carbocycles. The molecule has 7 nitrogen and oxygen atoms in total. The second-order valence-electron chi connectivity index (χ2n) is 5.55. The minimum atomic E-state index is -0.362. The normalized spacial score (nSPS) is 11.7. The summed E-state index contributed by atoms with van der Waals surface area (Å²) in [6.45, 7) is 2.28. The number of nitrogens with zero attached hydrogens (tertiary/aromatic N) is 2. The molecule has 0 radical (unpaired) electrons. The van der Waals surface area contributed by atoms with Crippen LogP contribution in [0.4, 0.5) is 11.6 Å². The highest BCUT2D eigenvalue weighted by molar-refractivity contribution is 8.00.